The maximum absolute atomic E-state index is 11.9. The molecule has 0 aromatic heterocycles. The number of hydrogen-bond acceptors (Lipinski definition) is 2. The fourth-order valence-corrected chi connectivity index (χ4v) is 4.85. The standard InChI is InChI=1S/C18H22O4/c1-17-8-3-9-18(2,16(21)22)14(17)7-6-11-4-5-12(15(19)20)10-13(11)17/h4-5,10,14H,3,6-9H2,1-2H3,(H,19,20)(H,21,22). The topological polar surface area (TPSA) is 74.6 Å². The highest BCUT2D eigenvalue weighted by atomic mass is 16.4. The Labute approximate surface area is 130 Å². The fourth-order valence-electron chi connectivity index (χ4n) is 4.85. The zero-order valence-corrected chi connectivity index (χ0v) is 13.1. The second-order valence-corrected chi connectivity index (χ2v) is 7.26. The molecular formula is C18H22O4. The molecule has 22 heavy (non-hydrogen) atoms. The van der Waals surface area contributed by atoms with Crippen molar-refractivity contribution in [3.63, 3.8) is 0 Å². The third-order valence-corrected chi connectivity index (χ3v) is 6.09. The number of aromatic carboxylic acids is 1. The Morgan fingerprint density at radius 2 is 1.91 bits per heavy atom. The monoisotopic (exact) mass is 302 g/mol. The quantitative estimate of drug-likeness (QED) is 0.877. The fraction of sp³-hybridized carbons (Fsp3) is 0.556. The van der Waals surface area contributed by atoms with Crippen LogP contribution in [0.25, 0.3) is 0 Å². The van der Waals surface area contributed by atoms with Gasteiger partial charge in [-0.3, -0.25) is 4.79 Å². The number of aliphatic carboxylic acids is 1. The minimum Gasteiger partial charge on any atom is -0.481 e. The van der Waals surface area contributed by atoms with E-state index in [1.165, 1.54) is 5.56 Å². The van der Waals surface area contributed by atoms with Gasteiger partial charge in [-0.2, -0.15) is 0 Å². The maximum Gasteiger partial charge on any atom is 0.335 e. The molecule has 1 fully saturated rings. The molecule has 0 heterocycles. The van der Waals surface area contributed by atoms with Crippen LogP contribution in [0, 0.1) is 11.3 Å². The Bertz CT molecular complexity index is 650. The smallest absolute Gasteiger partial charge is 0.335 e. The van der Waals surface area contributed by atoms with E-state index in [9.17, 15) is 19.8 Å². The summed E-state index contributed by atoms with van der Waals surface area (Å²) in [7, 11) is 0. The molecule has 2 aliphatic carbocycles. The molecule has 2 aliphatic rings. The highest BCUT2D eigenvalue weighted by Gasteiger charge is 2.55. The van der Waals surface area contributed by atoms with E-state index >= 15 is 0 Å². The van der Waals surface area contributed by atoms with Gasteiger partial charge in [0.25, 0.3) is 0 Å². The number of benzene rings is 1. The summed E-state index contributed by atoms with van der Waals surface area (Å²) in [5, 5.41) is 19.0. The zero-order valence-electron chi connectivity index (χ0n) is 13.1. The molecule has 3 rings (SSSR count). The van der Waals surface area contributed by atoms with E-state index in [0.717, 1.165) is 31.2 Å². The minimum absolute atomic E-state index is 0.0581. The predicted octanol–water partition coefficient (Wildman–Crippen LogP) is 3.48. The van der Waals surface area contributed by atoms with Gasteiger partial charge < -0.3 is 10.2 Å². The molecule has 0 bridgehead atoms. The van der Waals surface area contributed by atoms with Crippen LogP contribution in [0.1, 0.15) is 61.0 Å². The van der Waals surface area contributed by atoms with Crippen LogP contribution in [0.15, 0.2) is 18.2 Å². The summed E-state index contributed by atoms with van der Waals surface area (Å²) in [4.78, 5) is 23.2. The van der Waals surface area contributed by atoms with Crippen molar-refractivity contribution in [2.75, 3.05) is 0 Å². The van der Waals surface area contributed by atoms with Crippen molar-refractivity contribution in [3.05, 3.63) is 34.9 Å². The number of fused-ring (bicyclic) bond motifs is 3. The molecule has 0 amide bonds. The summed E-state index contributed by atoms with van der Waals surface area (Å²) in [5.41, 5.74) is 1.56. The number of carboxylic acid groups (broad SMARTS) is 2. The van der Waals surface area contributed by atoms with Gasteiger partial charge in [-0.1, -0.05) is 19.4 Å². The number of aryl methyl sites for hydroxylation is 1. The Hall–Kier alpha value is -1.84. The first kappa shape index (κ1) is 15.1. The lowest BCUT2D eigenvalue weighted by Crippen LogP contribution is -2.52. The van der Waals surface area contributed by atoms with Crippen molar-refractivity contribution < 1.29 is 19.8 Å². The molecule has 1 saturated carbocycles. The Morgan fingerprint density at radius 1 is 1.18 bits per heavy atom. The lowest BCUT2D eigenvalue weighted by atomic mass is 9.50. The van der Waals surface area contributed by atoms with Crippen LogP contribution < -0.4 is 0 Å². The van der Waals surface area contributed by atoms with Crippen molar-refractivity contribution >= 4 is 11.9 Å². The van der Waals surface area contributed by atoms with Crippen molar-refractivity contribution in [1.82, 2.24) is 0 Å². The van der Waals surface area contributed by atoms with E-state index in [0.29, 0.717) is 12.0 Å². The van der Waals surface area contributed by atoms with Crippen LogP contribution in [0.3, 0.4) is 0 Å². The molecule has 0 spiro atoms. The first-order valence-corrected chi connectivity index (χ1v) is 7.89. The van der Waals surface area contributed by atoms with Crippen LogP contribution in [-0.4, -0.2) is 22.2 Å². The first-order valence-electron chi connectivity index (χ1n) is 7.89. The Kier molecular flexibility index (Phi) is 3.31. The van der Waals surface area contributed by atoms with Crippen molar-refractivity contribution in [3.8, 4) is 0 Å². The van der Waals surface area contributed by atoms with Gasteiger partial charge in [0, 0.05) is 0 Å². The Balaban J connectivity index is 2.14. The number of carbonyl (C=O) groups is 2. The van der Waals surface area contributed by atoms with Gasteiger partial charge in [-0.25, -0.2) is 4.79 Å². The van der Waals surface area contributed by atoms with Crippen LogP contribution >= 0.6 is 0 Å². The van der Waals surface area contributed by atoms with Gasteiger partial charge in [-0.05, 0) is 67.2 Å². The lowest BCUT2D eigenvalue weighted by molar-refractivity contribution is -0.157. The summed E-state index contributed by atoms with van der Waals surface area (Å²) in [6.07, 6.45) is 4.19. The second kappa shape index (κ2) is 4.83. The molecular weight excluding hydrogens is 280 g/mol. The van der Waals surface area contributed by atoms with Gasteiger partial charge in [0.05, 0.1) is 11.0 Å². The Morgan fingerprint density at radius 3 is 2.55 bits per heavy atom. The van der Waals surface area contributed by atoms with E-state index in [4.69, 9.17) is 0 Å². The van der Waals surface area contributed by atoms with Crippen LogP contribution in [0.2, 0.25) is 0 Å². The molecule has 2 N–H and O–H groups in total. The molecule has 118 valence electrons. The molecule has 4 nitrogen and oxygen atoms in total. The van der Waals surface area contributed by atoms with E-state index in [2.05, 4.69) is 6.92 Å². The molecule has 3 atom stereocenters. The third kappa shape index (κ3) is 1.97. The molecule has 3 unspecified atom stereocenters. The molecule has 0 aliphatic heterocycles. The van der Waals surface area contributed by atoms with Crippen LogP contribution in [0.5, 0.6) is 0 Å². The van der Waals surface area contributed by atoms with Gasteiger partial charge in [-0.15, -0.1) is 0 Å². The van der Waals surface area contributed by atoms with Crippen molar-refractivity contribution in [1.29, 1.82) is 0 Å². The molecule has 0 saturated heterocycles. The normalized spacial score (nSPS) is 33.6. The summed E-state index contributed by atoms with van der Waals surface area (Å²) in [6, 6.07) is 5.34. The van der Waals surface area contributed by atoms with Gasteiger partial charge in [0.2, 0.25) is 0 Å². The zero-order chi connectivity index (χ0) is 16.1. The average molecular weight is 302 g/mol. The summed E-state index contributed by atoms with van der Waals surface area (Å²) in [6.45, 7) is 3.99. The largest absolute Gasteiger partial charge is 0.481 e. The SMILES string of the molecule is CC1(C(=O)O)CCCC2(C)c3cc(C(=O)O)ccc3CCC12. The highest BCUT2D eigenvalue weighted by Crippen LogP contribution is 2.57. The minimum atomic E-state index is -0.926. The van der Waals surface area contributed by atoms with E-state index in [-0.39, 0.29) is 11.3 Å². The van der Waals surface area contributed by atoms with Crippen molar-refractivity contribution in [2.45, 2.75) is 51.4 Å². The van der Waals surface area contributed by atoms with Gasteiger partial charge in [0.15, 0.2) is 0 Å². The molecule has 4 heteroatoms. The maximum atomic E-state index is 11.9. The number of rotatable bonds is 2. The summed E-state index contributed by atoms with van der Waals surface area (Å²) < 4.78 is 0. The first-order chi connectivity index (χ1) is 10.3. The average Bonchev–Trinajstić information content (AvgIpc) is 2.46. The van der Waals surface area contributed by atoms with Crippen molar-refractivity contribution in [2.24, 2.45) is 11.3 Å². The number of hydrogen-bond donors (Lipinski definition) is 2. The van der Waals surface area contributed by atoms with Crippen LogP contribution in [-0.2, 0) is 16.6 Å². The number of carboxylic acids is 2. The molecule has 1 aromatic carbocycles. The second-order valence-electron chi connectivity index (χ2n) is 7.26. The van der Waals surface area contributed by atoms with E-state index in [1.54, 1.807) is 12.1 Å². The van der Waals surface area contributed by atoms with E-state index < -0.39 is 17.4 Å². The van der Waals surface area contributed by atoms with E-state index in [1.807, 2.05) is 13.0 Å². The third-order valence-electron chi connectivity index (χ3n) is 6.09. The summed E-state index contributed by atoms with van der Waals surface area (Å²) in [5.74, 6) is -1.59. The summed E-state index contributed by atoms with van der Waals surface area (Å²) >= 11 is 0. The highest BCUT2D eigenvalue weighted by molar-refractivity contribution is 5.88. The predicted molar refractivity (Wildman–Crippen MR) is 82.2 cm³/mol. The van der Waals surface area contributed by atoms with Crippen LogP contribution in [0.4, 0.5) is 0 Å². The molecule has 1 aromatic rings. The van der Waals surface area contributed by atoms with Gasteiger partial charge >= 0.3 is 11.9 Å². The lowest BCUT2D eigenvalue weighted by Gasteiger charge is -2.53. The molecule has 0 radical (unpaired) electrons. The van der Waals surface area contributed by atoms with Gasteiger partial charge in [0.1, 0.15) is 0 Å².